The van der Waals surface area contributed by atoms with Gasteiger partial charge in [-0.2, -0.15) is 5.26 Å². The Labute approximate surface area is 683 Å². The maximum absolute atomic E-state index is 11.7. The topological polar surface area (TPSA) is 115 Å². The van der Waals surface area contributed by atoms with E-state index in [2.05, 4.69) is 255 Å². The molecule has 550 valence electrons. The summed E-state index contributed by atoms with van der Waals surface area (Å²) in [5.41, 5.74) is 13.8. The molecule has 0 saturated heterocycles. The zero-order valence-corrected chi connectivity index (χ0v) is 67.6. The third kappa shape index (κ3) is 16.1. The first-order chi connectivity index (χ1) is 55.5. The Hall–Kier alpha value is -11.5. The average molecular weight is 1600 g/mol. The quantitative estimate of drug-likeness (QED) is 0.118. The molecule has 1 amide bonds. The van der Waals surface area contributed by atoms with E-state index >= 15 is 0 Å². The zero-order chi connectivity index (χ0) is 77.3. The predicted molar refractivity (Wildman–Crippen MR) is 462 cm³/mol. The summed E-state index contributed by atoms with van der Waals surface area (Å²) in [7, 11) is 0.740. The molecule has 0 aliphatic carbocycles. The van der Waals surface area contributed by atoms with Crippen LogP contribution in [0.4, 0.5) is 11.4 Å². The number of hydrogen-bond acceptors (Lipinski definition) is 8. The van der Waals surface area contributed by atoms with Crippen molar-refractivity contribution in [1.82, 2.24) is 0 Å². The molecule has 0 saturated carbocycles. The second-order valence-corrected chi connectivity index (χ2v) is 37.7. The first kappa shape index (κ1) is 75.6. The van der Waals surface area contributed by atoms with E-state index in [1.54, 1.807) is 0 Å². The monoisotopic (exact) mass is 1600 g/mol. The first-order valence-electron chi connectivity index (χ1n) is 36.8. The van der Waals surface area contributed by atoms with Gasteiger partial charge in [0.05, 0.1) is 56.4 Å². The van der Waals surface area contributed by atoms with E-state index in [9.17, 15) is 9.59 Å². The number of esters is 1. The average Bonchev–Trinajstić information content (AvgIpc) is 0.776. The third-order valence-corrected chi connectivity index (χ3v) is 32.6. The number of ether oxygens (including phenoxy) is 3. The van der Waals surface area contributed by atoms with Crippen LogP contribution >= 0.6 is 23.4 Å². The molecule has 15 aromatic carbocycles. The lowest BCUT2D eigenvalue weighted by atomic mass is 10.0. The molecular formula is C98H75ClN3O5S6+5. The van der Waals surface area contributed by atoms with E-state index in [0.29, 0.717) is 16.7 Å². The van der Waals surface area contributed by atoms with Crippen LogP contribution < -0.4 is 20.1 Å². The number of nitrogens with two attached hydrogens (primary N) is 1. The Morgan fingerprint density at radius 3 is 1.11 bits per heavy atom. The summed E-state index contributed by atoms with van der Waals surface area (Å²) in [6, 6.07) is 128. The van der Waals surface area contributed by atoms with E-state index in [0.717, 1.165) is 41.0 Å². The zero-order valence-electron chi connectivity index (χ0n) is 61.9. The molecule has 0 spiro atoms. The number of nitrogens with zero attached hydrogens (tertiary/aromatic N) is 2. The number of primary amides is 1. The minimum atomic E-state index is -0.392. The van der Waals surface area contributed by atoms with Gasteiger partial charge < -0.3 is 24.8 Å². The number of benzene rings is 15. The molecule has 5 heterocycles. The molecule has 20 rings (SSSR count). The van der Waals surface area contributed by atoms with Crippen LogP contribution in [0, 0.1) is 18.3 Å². The van der Waals surface area contributed by atoms with Gasteiger partial charge in [-0.25, -0.2) is 4.79 Å². The molecule has 5 aliphatic rings. The fraction of sp³-hybridized carbons (Fsp3) is 0.0510. The van der Waals surface area contributed by atoms with Crippen LogP contribution in [0.25, 0.3) is 0 Å². The maximum atomic E-state index is 11.7. The van der Waals surface area contributed by atoms with Crippen LogP contribution in [0.3, 0.4) is 0 Å². The van der Waals surface area contributed by atoms with Gasteiger partial charge in [0, 0.05) is 34.7 Å². The summed E-state index contributed by atoms with van der Waals surface area (Å²) in [6.07, 6.45) is 0.982. The number of halogens is 1. The van der Waals surface area contributed by atoms with Gasteiger partial charge in [-0.1, -0.05) is 175 Å². The number of rotatable bonds is 8. The van der Waals surface area contributed by atoms with E-state index in [-0.39, 0.29) is 60.4 Å². The molecule has 113 heavy (non-hydrogen) atoms. The van der Waals surface area contributed by atoms with Crippen molar-refractivity contribution in [2.75, 3.05) is 18.6 Å². The van der Waals surface area contributed by atoms with Crippen molar-refractivity contribution in [2.24, 2.45) is 5.73 Å². The second kappa shape index (κ2) is 34.6. The van der Waals surface area contributed by atoms with Crippen molar-refractivity contribution in [1.29, 1.82) is 5.26 Å². The number of para-hydroxylation sites is 6. The van der Waals surface area contributed by atoms with Gasteiger partial charge in [-0.05, 0) is 232 Å². The number of carbonyl (C=O) groups is 2. The van der Waals surface area contributed by atoms with E-state index < -0.39 is 5.91 Å². The highest BCUT2D eigenvalue weighted by atomic mass is 35.5. The van der Waals surface area contributed by atoms with Crippen LogP contribution in [-0.2, 0) is 65.6 Å². The third-order valence-electron chi connectivity index (χ3n) is 19.3. The highest BCUT2D eigenvalue weighted by Crippen LogP contribution is 2.52. The summed E-state index contributed by atoms with van der Waals surface area (Å²) in [4.78, 5) is 47.5. The lowest BCUT2D eigenvalue weighted by Gasteiger charge is -2.30. The van der Waals surface area contributed by atoms with Gasteiger partial charge >= 0.3 is 5.97 Å². The molecule has 0 aromatic heterocycles. The maximum Gasteiger partial charge on any atom is 0.337 e. The Morgan fingerprint density at radius 2 is 0.708 bits per heavy atom. The fourth-order valence-electron chi connectivity index (χ4n) is 14.0. The normalized spacial score (nSPS) is 13.1. The number of amides is 1. The largest absolute Gasteiger partial charge is 0.465 e. The number of methoxy groups -OCH3 is 1. The Morgan fingerprint density at radius 1 is 0.398 bits per heavy atom. The molecule has 15 heteroatoms. The van der Waals surface area contributed by atoms with Gasteiger partial charge in [0.1, 0.15) is 43.6 Å². The number of anilines is 2. The van der Waals surface area contributed by atoms with E-state index in [1.807, 2.05) is 145 Å². The second-order valence-electron chi connectivity index (χ2n) is 26.4. The predicted octanol–water partition coefficient (Wildman–Crippen LogP) is 24.7. The number of fused-ring (bicyclic) bond motifs is 10. The van der Waals surface area contributed by atoms with Gasteiger partial charge in [0.2, 0.25) is 25.5 Å². The van der Waals surface area contributed by atoms with Crippen molar-refractivity contribution >= 4 is 101 Å². The molecule has 2 N–H and O–H groups in total. The minimum Gasteiger partial charge on any atom is -0.465 e. The van der Waals surface area contributed by atoms with Gasteiger partial charge in [0.25, 0.3) is 0 Å². The number of carbonyl (C=O) groups excluding carboxylic acids is 2. The molecule has 0 atom stereocenters. The molecular weight excluding hydrogens is 1530 g/mol. The lowest BCUT2D eigenvalue weighted by molar-refractivity contribution is 0.0600. The molecule has 0 fully saturated rings. The summed E-state index contributed by atoms with van der Waals surface area (Å²) >= 11 is 7.91. The van der Waals surface area contributed by atoms with Gasteiger partial charge in [-0.3, -0.25) is 4.79 Å². The molecule has 15 aromatic rings. The molecule has 0 bridgehead atoms. The SMILES string of the molecule is CCN1c2ccccc2[S+](c2ccc(C(N)=O)cc2)c2ccccc21.COC(=O)c1ccc([S+]2c3ccccc3Cc3ccccc32)cc1.Cc1ccc([S+]2c3ccccc3Oc3ccccc32)cc1.Clc1ccc([S+]2c3ccccc3Sc3ccccc32)cc1.N#Cc1ccc([S+]2c3ccccc3Oc3ccccc32)cc1. The molecule has 0 radical (unpaired) electrons. The van der Waals surface area contributed by atoms with Crippen molar-refractivity contribution < 1.29 is 23.8 Å². The summed E-state index contributed by atoms with van der Waals surface area (Å²) in [6.45, 7) is 5.23. The molecule has 8 nitrogen and oxygen atoms in total. The van der Waals surface area contributed by atoms with Crippen LogP contribution in [0.15, 0.2) is 447 Å². The van der Waals surface area contributed by atoms with Crippen molar-refractivity contribution in [3.63, 3.8) is 0 Å². The van der Waals surface area contributed by atoms with Crippen molar-refractivity contribution in [3.05, 3.63) is 402 Å². The van der Waals surface area contributed by atoms with Crippen LogP contribution in [0.1, 0.15) is 49.9 Å². The van der Waals surface area contributed by atoms with Crippen molar-refractivity contribution in [2.45, 2.75) is 103 Å². The van der Waals surface area contributed by atoms with Crippen LogP contribution in [0.5, 0.6) is 23.0 Å². The number of aryl methyl sites for hydroxylation is 1. The van der Waals surface area contributed by atoms with Crippen LogP contribution in [0.2, 0.25) is 5.02 Å². The smallest absolute Gasteiger partial charge is 0.337 e. The molecule has 0 unspecified atom stereocenters. The Kier molecular flexibility index (Phi) is 23.2. The van der Waals surface area contributed by atoms with Gasteiger partial charge in [-0.15, -0.1) is 0 Å². The highest BCUT2D eigenvalue weighted by molar-refractivity contribution is 8.04. The number of hydrogen-bond donors (Lipinski definition) is 1. The van der Waals surface area contributed by atoms with Crippen LogP contribution in [-0.4, -0.2) is 25.5 Å². The van der Waals surface area contributed by atoms with Gasteiger partial charge in [0.15, 0.2) is 76.8 Å². The summed E-state index contributed by atoms with van der Waals surface area (Å²) in [5.74, 6) is 3.08. The number of nitriles is 1. The standard InChI is InChI=1S/C21H18N2OS.C21H17O2S.C19H12NOS.C19H15OS.C18H12ClS2/c1-2-23-17-7-3-5-9-19(17)25(20-10-6-4-8-18(20)23)16-13-11-15(12-14-16)21(22)24;1-23-21(22)15-10-12-18(13-11-15)24-19-8-4-2-6-16(19)14-17-7-3-5-9-20(17)24;20-13-14-9-11-15(12-10-14)22-18-7-3-1-5-16(18)21-17-6-2-4-8-19(17)22;1-14-10-12-15(13-11-14)21-18-8-4-2-6-16(18)20-17-7-3-5-9-19(17)21;19-13-9-11-14(12-10-13)21-17-7-3-1-5-15(17)20-16-6-2-4-8-18(16)21/h3-14H,2H2,1H3,(H-,22,24);2-13H,14H2,1H3;1-12H;2-13H,1H3;1-12H/q;4*+1/p+1. The molecule has 5 aliphatic heterocycles. The van der Waals surface area contributed by atoms with E-state index in [1.165, 1.54) is 118 Å². The Bertz CT molecular complexity index is 5660. The lowest BCUT2D eigenvalue weighted by Crippen LogP contribution is -2.26. The highest BCUT2D eigenvalue weighted by Gasteiger charge is 2.44. The first-order valence-corrected chi connectivity index (χ1v) is 44.1. The minimum absolute atomic E-state index is 0.0457. The van der Waals surface area contributed by atoms with Crippen molar-refractivity contribution in [3.8, 4) is 29.1 Å². The fourth-order valence-corrected chi connectivity index (χ4v) is 27.0. The van der Waals surface area contributed by atoms with E-state index in [4.69, 9.17) is 36.8 Å². The Balaban J connectivity index is 0.000000107. The summed E-state index contributed by atoms with van der Waals surface area (Å²) in [5, 5.41) is 9.77. The summed E-state index contributed by atoms with van der Waals surface area (Å²) < 4.78 is 16.9.